The number of benzene rings is 4. The Morgan fingerprint density at radius 2 is 1.60 bits per heavy atom. The van der Waals surface area contributed by atoms with Gasteiger partial charge in [-0.3, -0.25) is 9.69 Å². The molecule has 1 aliphatic heterocycles. The molecule has 6 heteroatoms. The second kappa shape index (κ2) is 9.81. The van der Waals surface area contributed by atoms with E-state index in [2.05, 4.69) is 5.32 Å². The van der Waals surface area contributed by atoms with Crippen LogP contribution in [0.2, 0.25) is 0 Å². The lowest BCUT2D eigenvalue weighted by Crippen LogP contribution is -2.43. The molecule has 0 bridgehead atoms. The second-order valence-corrected chi connectivity index (χ2v) is 8.15. The number of hydrogen-bond acceptors (Lipinski definition) is 5. The number of nitrogens with one attached hydrogen (secondary N) is 1. The Balaban J connectivity index is 1.54. The summed E-state index contributed by atoms with van der Waals surface area (Å²) in [5.41, 5.74) is 3.99. The second-order valence-electron chi connectivity index (χ2n) is 8.15. The molecular weight excluding hydrogens is 440 g/mol. The Kier molecular flexibility index (Phi) is 6.26. The summed E-state index contributed by atoms with van der Waals surface area (Å²) >= 11 is 0. The van der Waals surface area contributed by atoms with Crippen molar-refractivity contribution < 1.29 is 19.0 Å². The van der Waals surface area contributed by atoms with Gasteiger partial charge in [-0.2, -0.15) is 0 Å². The van der Waals surface area contributed by atoms with E-state index in [1.54, 1.807) is 25.2 Å². The molecule has 0 saturated heterocycles. The van der Waals surface area contributed by atoms with Crippen LogP contribution in [0.5, 0.6) is 17.2 Å². The van der Waals surface area contributed by atoms with Crippen LogP contribution in [-0.2, 0) is 6.61 Å². The van der Waals surface area contributed by atoms with Gasteiger partial charge in [-0.05, 0) is 47.5 Å². The summed E-state index contributed by atoms with van der Waals surface area (Å²) in [6.45, 7) is 0.459. The number of amides is 1. The minimum absolute atomic E-state index is 0.122. The number of ether oxygens (including phenoxy) is 3. The largest absolute Gasteiger partial charge is 0.497 e. The lowest BCUT2D eigenvalue weighted by molar-refractivity contribution is 0.0974. The normalized spacial score (nSPS) is 14.6. The van der Waals surface area contributed by atoms with Crippen LogP contribution in [-0.4, -0.2) is 20.1 Å². The topological polar surface area (TPSA) is 60.0 Å². The first kappa shape index (κ1) is 22.3. The summed E-state index contributed by atoms with van der Waals surface area (Å²) in [7, 11) is 3.18. The number of hydrogen-bond donors (Lipinski definition) is 1. The van der Waals surface area contributed by atoms with Gasteiger partial charge in [0.2, 0.25) is 0 Å². The molecule has 1 N–H and O–H groups in total. The van der Waals surface area contributed by atoms with Crippen LogP contribution in [0.4, 0.5) is 11.4 Å². The Hall–Kier alpha value is -4.45. The molecular formula is C29H26N2O4. The van der Waals surface area contributed by atoms with Crippen LogP contribution in [0.15, 0.2) is 97.1 Å². The summed E-state index contributed by atoms with van der Waals surface area (Å²) in [6.07, 6.45) is -0.472. The zero-order valence-corrected chi connectivity index (χ0v) is 19.6. The Morgan fingerprint density at radius 1 is 0.800 bits per heavy atom. The van der Waals surface area contributed by atoms with Crippen LogP contribution in [0.25, 0.3) is 0 Å². The van der Waals surface area contributed by atoms with Gasteiger partial charge in [0.1, 0.15) is 30.0 Å². The van der Waals surface area contributed by atoms with E-state index in [1.807, 2.05) is 91.0 Å². The average molecular weight is 467 g/mol. The van der Waals surface area contributed by atoms with E-state index in [1.165, 1.54) is 0 Å². The van der Waals surface area contributed by atoms with Crippen molar-refractivity contribution in [3.8, 4) is 17.2 Å². The van der Waals surface area contributed by atoms with Crippen molar-refractivity contribution in [3.63, 3.8) is 0 Å². The average Bonchev–Trinajstić information content (AvgIpc) is 2.92. The Morgan fingerprint density at radius 3 is 2.40 bits per heavy atom. The molecule has 1 atom stereocenters. The summed E-state index contributed by atoms with van der Waals surface area (Å²) in [5, 5.41) is 3.54. The van der Waals surface area contributed by atoms with Gasteiger partial charge in [-0.1, -0.05) is 54.6 Å². The van der Waals surface area contributed by atoms with Gasteiger partial charge in [0.25, 0.3) is 5.91 Å². The predicted molar refractivity (Wildman–Crippen MR) is 136 cm³/mol. The zero-order valence-electron chi connectivity index (χ0n) is 19.6. The van der Waals surface area contributed by atoms with Gasteiger partial charge in [0.05, 0.1) is 25.5 Å². The number of nitrogens with zero attached hydrogens (tertiary/aromatic N) is 1. The Bertz CT molecular complexity index is 1340. The maximum absolute atomic E-state index is 13.8. The molecule has 0 fully saturated rings. The van der Waals surface area contributed by atoms with Gasteiger partial charge >= 0.3 is 0 Å². The molecule has 0 aromatic heterocycles. The monoisotopic (exact) mass is 466 g/mol. The number of rotatable bonds is 7. The molecule has 4 aromatic rings. The highest BCUT2D eigenvalue weighted by Crippen LogP contribution is 2.42. The van der Waals surface area contributed by atoms with Crippen molar-refractivity contribution in [2.24, 2.45) is 0 Å². The maximum Gasteiger partial charge on any atom is 0.262 e. The van der Waals surface area contributed by atoms with Crippen LogP contribution in [0.1, 0.15) is 27.7 Å². The minimum Gasteiger partial charge on any atom is -0.497 e. The maximum atomic E-state index is 13.8. The van der Waals surface area contributed by atoms with E-state index in [0.717, 1.165) is 22.6 Å². The smallest absolute Gasteiger partial charge is 0.262 e. The molecule has 4 aromatic carbocycles. The van der Waals surface area contributed by atoms with Crippen molar-refractivity contribution in [1.82, 2.24) is 0 Å². The fourth-order valence-electron chi connectivity index (χ4n) is 4.23. The molecule has 0 saturated carbocycles. The molecule has 0 radical (unpaired) electrons. The van der Waals surface area contributed by atoms with Crippen molar-refractivity contribution >= 4 is 17.3 Å². The summed E-state index contributed by atoms with van der Waals surface area (Å²) < 4.78 is 17.1. The standard InChI is InChI=1S/C29H26N2O4/c1-33-22-15-16-26(27(18-22)34-2)31-28(30-25-14-7-6-13-24(25)29(31)32)21-11-8-12-23(17-21)35-19-20-9-4-3-5-10-20/h3-18,28,30H,19H2,1-2H3. The van der Waals surface area contributed by atoms with Crippen molar-refractivity contribution in [1.29, 1.82) is 0 Å². The van der Waals surface area contributed by atoms with Gasteiger partial charge in [0.15, 0.2) is 0 Å². The van der Waals surface area contributed by atoms with Crippen LogP contribution in [0.3, 0.4) is 0 Å². The number of fused-ring (bicyclic) bond motifs is 1. The molecule has 1 heterocycles. The number of anilines is 2. The molecule has 0 aliphatic carbocycles. The van der Waals surface area contributed by atoms with E-state index in [4.69, 9.17) is 14.2 Å². The molecule has 1 aliphatic rings. The third-order valence-corrected chi connectivity index (χ3v) is 6.00. The van der Waals surface area contributed by atoms with E-state index in [0.29, 0.717) is 29.4 Å². The minimum atomic E-state index is -0.472. The summed E-state index contributed by atoms with van der Waals surface area (Å²) in [5.74, 6) is 1.79. The number of methoxy groups -OCH3 is 2. The summed E-state index contributed by atoms with van der Waals surface area (Å²) in [4.78, 5) is 15.5. The SMILES string of the molecule is COc1ccc(N2C(=O)c3ccccc3NC2c2cccc(OCc3ccccc3)c2)c(OC)c1. The third kappa shape index (κ3) is 4.51. The molecule has 176 valence electrons. The third-order valence-electron chi connectivity index (χ3n) is 6.00. The van der Waals surface area contributed by atoms with E-state index >= 15 is 0 Å². The van der Waals surface area contributed by atoms with Gasteiger partial charge in [-0.25, -0.2) is 0 Å². The quantitative estimate of drug-likeness (QED) is 0.359. The molecule has 6 nitrogen and oxygen atoms in total. The fourth-order valence-corrected chi connectivity index (χ4v) is 4.23. The van der Waals surface area contributed by atoms with Gasteiger partial charge in [0, 0.05) is 11.8 Å². The van der Waals surface area contributed by atoms with E-state index in [-0.39, 0.29) is 5.91 Å². The highest BCUT2D eigenvalue weighted by molar-refractivity contribution is 6.12. The first-order valence-corrected chi connectivity index (χ1v) is 11.4. The highest BCUT2D eigenvalue weighted by Gasteiger charge is 2.35. The number of para-hydroxylation sites is 1. The lowest BCUT2D eigenvalue weighted by atomic mass is 10.0. The first-order valence-electron chi connectivity index (χ1n) is 11.4. The van der Waals surface area contributed by atoms with Crippen LogP contribution >= 0.6 is 0 Å². The molecule has 1 amide bonds. The zero-order chi connectivity index (χ0) is 24.2. The van der Waals surface area contributed by atoms with Crippen LogP contribution in [0, 0.1) is 0 Å². The van der Waals surface area contributed by atoms with Crippen LogP contribution < -0.4 is 24.4 Å². The Labute approximate surface area is 204 Å². The number of carbonyl (C=O) groups is 1. The van der Waals surface area contributed by atoms with Crippen molar-refractivity contribution in [3.05, 3.63) is 114 Å². The lowest BCUT2D eigenvalue weighted by Gasteiger charge is -2.38. The van der Waals surface area contributed by atoms with Gasteiger partial charge < -0.3 is 19.5 Å². The van der Waals surface area contributed by atoms with Crippen molar-refractivity contribution in [2.45, 2.75) is 12.8 Å². The van der Waals surface area contributed by atoms with Crippen molar-refractivity contribution in [2.75, 3.05) is 24.4 Å². The molecule has 35 heavy (non-hydrogen) atoms. The molecule has 0 spiro atoms. The highest BCUT2D eigenvalue weighted by atomic mass is 16.5. The number of carbonyl (C=O) groups excluding carboxylic acids is 1. The van der Waals surface area contributed by atoms with Gasteiger partial charge in [-0.15, -0.1) is 0 Å². The molecule has 5 rings (SSSR count). The molecule has 1 unspecified atom stereocenters. The van der Waals surface area contributed by atoms with E-state index < -0.39 is 6.17 Å². The fraction of sp³-hybridized carbons (Fsp3) is 0.138. The summed E-state index contributed by atoms with van der Waals surface area (Å²) in [6, 6.07) is 30.8. The van der Waals surface area contributed by atoms with E-state index in [9.17, 15) is 4.79 Å². The predicted octanol–water partition coefficient (Wildman–Crippen LogP) is 6.05. The first-order chi connectivity index (χ1) is 17.2.